The first kappa shape index (κ1) is 9.23. The number of rotatable bonds is 3. The van der Waals surface area contributed by atoms with Crippen molar-refractivity contribution < 1.29 is 10.2 Å². The molecule has 2 nitrogen and oxygen atoms in total. The first-order chi connectivity index (χ1) is 5.81. The highest BCUT2D eigenvalue weighted by Crippen LogP contribution is 2.12. The third-order valence-electron chi connectivity index (χ3n) is 2.00. The van der Waals surface area contributed by atoms with E-state index in [0.717, 1.165) is 23.1 Å². The van der Waals surface area contributed by atoms with Gasteiger partial charge in [-0.3, -0.25) is 0 Å². The number of aliphatic hydroxyl groups is 2. The van der Waals surface area contributed by atoms with Gasteiger partial charge in [0.25, 0.3) is 0 Å². The molecule has 12 heavy (non-hydrogen) atoms. The van der Waals surface area contributed by atoms with Crippen LogP contribution in [0.4, 0.5) is 0 Å². The fourth-order valence-electron chi connectivity index (χ4n) is 1.26. The molecule has 0 saturated carbocycles. The van der Waals surface area contributed by atoms with Gasteiger partial charge in [-0.05, 0) is 23.1 Å². The predicted octanol–water partition coefficient (Wildman–Crippen LogP) is 1.23. The molecule has 0 aromatic heterocycles. The molecule has 0 aliphatic rings. The lowest BCUT2D eigenvalue weighted by molar-refractivity contribution is 0.277. The monoisotopic (exact) mass is 166 g/mol. The Morgan fingerprint density at radius 2 is 1.83 bits per heavy atom. The molecule has 2 heteroatoms. The minimum absolute atomic E-state index is 0.0682. The second kappa shape index (κ2) is 4.24. The highest BCUT2D eigenvalue weighted by molar-refractivity contribution is 5.31. The Balaban J connectivity index is 3.02. The molecule has 0 amide bonds. The standard InChI is InChI=1S/C10H14O2/c1-2-9-5-8(6-11)3-4-10(9)7-12/h3-5,11-12H,2,6-7H2,1H3. The van der Waals surface area contributed by atoms with Gasteiger partial charge in [0, 0.05) is 0 Å². The van der Waals surface area contributed by atoms with Crippen LogP contribution < -0.4 is 0 Å². The Labute approximate surface area is 72.5 Å². The Morgan fingerprint density at radius 1 is 1.08 bits per heavy atom. The molecular weight excluding hydrogens is 152 g/mol. The summed E-state index contributed by atoms with van der Waals surface area (Å²) in [6, 6.07) is 5.64. The predicted molar refractivity (Wildman–Crippen MR) is 47.7 cm³/mol. The van der Waals surface area contributed by atoms with Gasteiger partial charge in [-0.15, -0.1) is 0 Å². The van der Waals surface area contributed by atoms with E-state index >= 15 is 0 Å². The Hall–Kier alpha value is -0.860. The van der Waals surface area contributed by atoms with Gasteiger partial charge in [-0.1, -0.05) is 25.1 Å². The number of aryl methyl sites for hydroxylation is 1. The van der Waals surface area contributed by atoms with Crippen molar-refractivity contribution in [3.05, 3.63) is 34.9 Å². The van der Waals surface area contributed by atoms with Crippen molar-refractivity contribution in [3.8, 4) is 0 Å². The minimum atomic E-state index is 0.0682. The van der Waals surface area contributed by atoms with Crippen molar-refractivity contribution in [3.63, 3.8) is 0 Å². The van der Waals surface area contributed by atoms with Crippen LogP contribution in [0.1, 0.15) is 23.6 Å². The third-order valence-corrected chi connectivity index (χ3v) is 2.00. The van der Waals surface area contributed by atoms with Crippen molar-refractivity contribution in [2.75, 3.05) is 0 Å². The summed E-state index contributed by atoms with van der Waals surface area (Å²) < 4.78 is 0. The van der Waals surface area contributed by atoms with Crippen LogP contribution in [0.15, 0.2) is 18.2 Å². The Bertz CT molecular complexity index is 256. The molecule has 0 radical (unpaired) electrons. The summed E-state index contributed by atoms with van der Waals surface area (Å²) in [6.45, 7) is 2.18. The molecule has 0 aliphatic heterocycles. The molecule has 0 heterocycles. The van der Waals surface area contributed by atoms with Crippen LogP contribution in [0, 0.1) is 0 Å². The highest BCUT2D eigenvalue weighted by Gasteiger charge is 1.99. The largest absolute Gasteiger partial charge is 0.392 e. The van der Waals surface area contributed by atoms with E-state index in [-0.39, 0.29) is 13.2 Å². The fourth-order valence-corrected chi connectivity index (χ4v) is 1.26. The quantitative estimate of drug-likeness (QED) is 0.709. The molecule has 0 aliphatic carbocycles. The summed E-state index contributed by atoms with van der Waals surface area (Å²) in [5.74, 6) is 0. The Morgan fingerprint density at radius 3 is 2.33 bits per heavy atom. The van der Waals surface area contributed by atoms with Crippen molar-refractivity contribution >= 4 is 0 Å². The summed E-state index contributed by atoms with van der Waals surface area (Å²) >= 11 is 0. The van der Waals surface area contributed by atoms with Gasteiger partial charge < -0.3 is 10.2 Å². The van der Waals surface area contributed by atoms with E-state index < -0.39 is 0 Å². The number of hydrogen-bond donors (Lipinski definition) is 2. The zero-order valence-electron chi connectivity index (χ0n) is 7.25. The van der Waals surface area contributed by atoms with E-state index in [1.54, 1.807) is 0 Å². The lowest BCUT2D eigenvalue weighted by Crippen LogP contribution is -1.94. The zero-order valence-corrected chi connectivity index (χ0v) is 7.25. The van der Waals surface area contributed by atoms with Crippen molar-refractivity contribution in [2.24, 2.45) is 0 Å². The van der Waals surface area contributed by atoms with Gasteiger partial charge in [0.1, 0.15) is 0 Å². The van der Waals surface area contributed by atoms with Crippen LogP contribution in [0.5, 0.6) is 0 Å². The maximum Gasteiger partial charge on any atom is 0.0684 e. The minimum Gasteiger partial charge on any atom is -0.392 e. The molecule has 0 unspecified atom stereocenters. The summed E-state index contributed by atoms with van der Waals surface area (Å²) in [4.78, 5) is 0. The SMILES string of the molecule is CCc1cc(CO)ccc1CO. The molecule has 0 saturated heterocycles. The number of hydrogen-bond acceptors (Lipinski definition) is 2. The summed E-state index contributed by atoms with van der Waals surface area (Å²) in [5.41, 5.74) is 2.97. The molecule has 0 spiro atoms. The van der Waals surface area contributed by atoms with Gasteiger partial charge in [0.15, 0.2) is 0 Å². The van der Waals surface area contributed by atoms with Crippen molar-refractivity contribution in [2.45, 2.75) is 26.6 Å². The lowest BCUT2D eigenvalue weighted by Gasteiger charge is -2.06. The zero-order chi connectivity index (χ0) is 8.97. The van der Waals surface area contributed by atoms with E-state index in [0.29, 0.717) is 0 Å². The first-order valence-corrected chi connectivity index (χ1v) is 4.14. The van der Waals surface area contributed by atoms with Gasteiger partial charge in [-0.2, -0.15) is 0 Å². The maximum absolute atomic E-state index is 8.95. The highest BCUT2D eigenvalue weighted by atomic mass is 16.3. The van der Waals surface area contributed by atoms with E-state index in [4.69, 9.17) is 10.2 Å². The van der Waals surface area contributed by atoms with Crippen LogP contribution in [-0.2, 0) is 19.6 Å². The van der Waals surface area contributed by atoms with Gasteiger partial charge in [0.05, 0.1) is 13.2 Å². The molecule has 66 valence electrons. The lowest BCUT2D eigenvalue weighted by atomic mass is 10.0. The normalized spacial score (nSPS) is 10.2. The summed E-state index contributed by atoms with van der Waals surface area (Å²) in [6.07, 6.45) is 0.893. The number of benzene rings is 1. The Kier molecular flexibility index (Phi) is 3.26. The van der Waals surface area contributed by atoms with Gasteiger partial charge >= 0.3 is 0 Å². The maximum atomic E-state index is 8.95. The average molecular weight is 166 g/mol. The topological polar surface area (TPSA) is 40.5 Å². The number of aliphatic hydroxyl groups excluding tert-OH is 2. The molecule has 0 atom stereocenters. The van der Waals surface area contributed by atoms with Crippen LogP contribution in [0.2, 0.25) is 0 Å². The van der Waals surface area contributed by atoms with Crippen molar-refractivity contribution in [1.82, 2.24) is 0 Å². The van der Waals surface area contributed by atoms with Gasteiger partial charge in [0.2, 0.25) is 0 Å². The van der Waals surface area contributed by atoms with E-state index in [2.05, 4.69) is 0 Å². The van der Waals surface area contributed by atoms with Crippen LogP contribution >= 0.6 is 0 Å². The second-order valence-electron chi connectivity index (χ2n) is 2.77. The molecule has 1 aromatic rings. The summed E-state index contributed by atoms with van der Waals surface area (Å²) in [5, 5.41) is 17.8. The summed E-state index contributed by atoms with van der Waals surface area (Å²) in [7, 11) is 0. The molecule has 2 N–H and O–H groups in total. The molecule has 1 aromatic carbocycles. The van der Waals surface area contributed by atoms with Crippen LogP contribution in [0.3, 0.4) is 0 Å². The first-order valence-electron chi connectivity index (χ1n) is 4.14. The fraction of sp³-hybridized carbons (Fsp3) is 0.400. The molecule has 0 bridgehead atoms. The smallest absolute Gasteiger partial charge is 0.0684 e. The average Bonchev–Trinajstić information content (AvgIpc) is 2.16. The van der Waals surface area contributed by atoms with E-state index in [9.17, 15) is 0 Å². The molecule has 1 rings (SSSR count). The van der Waals surface area contributed by atoms with E-state index in [1.165, 1.54) is 0 Å². The van der Waals surface area contributed by atoms with Crippen LogP contribution in [-0.4, -0.2) is 10.2 Å². The molecular formula is C10H14O2. The third kappa shape index (κ3) is 1.84. The van der Waals surface area contributed by atoms with Crippen LogP contribution in [0.25, 0.3) is 0 Å². The second-order valence-corrected chi connectivity index (χ2v) is 2.77. The van der Waals surface area contributed by atoms with Crippen molar-refractivity contribution in [1.29, 1.82) is 0 Å². The molecule has 0 fully saturated rings. The van der Waals surface area contributed by atoms with Gasteiger partial charge in [-0.25, -0.2) is 0 Å². The van der Waals surface area contributed by atoms with E-state index in [1.807, 2.05) is 25.1 Å².